The Morgan fingerprint density at radius 3 is 2.94 bits per heavy atom. The SMILES string of the molecule is CC(NC1CCC(=O)N(C)C1)c1ccc(Br)s1. The summed E-state index contributed by atoms with van der Waals surface area (Å²) in [6, 6.07) is 4.98. The molecule has 2 unspecified atom stereocenters. The fourth-order valence-corrected chi connectivity index (χ4v) is 3.58. The Bertz CT molecular complexity index is 407. The molecule has 3 nitrogen and oxygen atoms in total. The van der Waals surface area contributed by atoms with E-state index in [0.717, 1.165) is 16.8 Å². The van der Waals surface area contributed by atoms with Crippen LogP contribution in [0.15, 0.2) is 15.9 Å². The predicted molar refractivity (Wildman–Crippen MR) is 74.2 cm³/mol. The van der Waals surface area contributed by atoms with E-state index in [1.54, 1.807) is 11.3 Å². The number of nitrogens with zero attached hydrogens (tertiary/aromatic N) is 1. The van der Waals surface area contributed by atoms with Gasteiger partial charge in [0.1, 0.15) is 0 Å². The molecule has 2 atom stereocenters. The van der Waals surface area contributed by atoms with Crippen molar-refractivity contribution in [3.05, 3.63) is 20.8 Å². The number of likely N-dealkylation sites (tertiary alicyclic amines) is 1. The number of hydrogen-bond acceptors (Lipinski definition) is 3. The molecular formula is C12H17BrN2OS. The van der Waals surface area contributed by atoms with Gasteiger partial charge in [-0.2, -0.15) is 0 Å². The topological polar surface area (TPSA) is 32.3 Å². The van der Waals surface area contributed by atoms with Crippen molar-refractivity contribution in [2.24, 2.45) is 0 Å². The molecular weight excluding hydrogens is 300 g/mol. The van der Waals surface area contributed by atoms with Gasteiger partial charge in [0.15, 0.2) is 0 Å². The van der Waals surface area contributed by atoms with E-state index in [-0.39, 0.29) is 5.91 Å². The second-order valence-corrected chi connectivity index (χ2v) is 7.03. The number of hydrogen-bond donors (Lipinski definition) is 1. The van der Waals surface area contributed by atoms with Crippen molar-refractivity contribution in [3.8, 4) is 0 Å². The first kappa shape index (κ1) is 13.1. The van der Waals surface area contributed by atoms with Gasteiger partial charge in [-0.15, -0.1) is 11.3 Å². The lowest BCUT2D eigenvalue weighted by atomic mass is 10.0. The quantitative estimate of drug-likeness (QED) is 0.930. The number of piperidine rings is 1. The summed E-state index contributed by atoms with van der Waals surface area (Å²) in [7, 11) is 1.88. The highest BCUT2D eigenvalue weighted by atomic mass is 79.9. The summed E-state index contributed by atoms with van der Waals surface area (Å²) >= 11 is 5.24. The van der Waals surface area contributed by atoms with E-state index in [9.17, 15) is 4.79 Å². The van der Waals surface area contributed by atoms with Gasteiger partial charge >= 0.3 is 0 Å². The van der Waals surface area contributed by atoms with Crippen molar-refractivity contribution in [2.45, 2.75) is 31.8 Å². The molecule has 0 bridgehead atoms. The van der Waals surface area contributed by atoms with Crippen LogP contribution in [0.4, 0.5) is 0 Å². The molecule has 1 aromatic rings. The molecule has 1 N–H and O–H groups in total. The molecule has 2 heterocycles. The minimum atomic E-state index is 0.259. The fourth-order valence-electron chi connectivity index (χ4n) is 2.14. The molecule has 1 aliphatic heterocycles. The van der Waals surface area contributed by atoms with Crippen LogP contribution < -0.4 is 5.32 Å². The largest absolute Gasteiger partial charge is 0.344 e. The second kappa shape index (κ2) is 5.50. The molecule has 1 saturated heterocycles. The highest BCUT2D eigenvalue weighted by molar-refractivity contribution is 9.11. The van der Waals surface area contributed by atoms with E-state index < -0.39 is 0 Å². The monoisotopic (exact) mass is 316 g/mol. The van der Waals surface area contributed by atoms with Crippen LogP contribution in [0.3, 0.4) is 0 Å². The minimum Gasteiger partial charge on any atom is -0.344 e. The summed E-state index contributed by atoms with van der Waals surface area (Å²) < 4.78 is 1.16. The summed E-state index contributed by atoms with van der Waals surface area (Å²) in [6.45, 7) is 2.99. The molecule has 2 rings (SSSR count). The van der Waals surface area contributed by atoms with Crippen LogP contribution in [-0.4, -0.2) is 30.4 Å². The number of nitrogens with one attached hydrogen (secondary N) is 1. The minimum absolute atomic E-state index is 0.259. The normalized spacial score (nSPS) is 22.9. The maximum Gasteiger partial charge on any atom is 0.222 e. The number of carbonyl (C=O) groups excluding carboxylic acids is 1. The first-order valence-electron chi connectivity index (χ1n) is 5.81. The molecule has 0 radical (unpaired) electrons. The molecule has 1 fully saturated rings. The molecule has 5 heteroatoms. The zero-order chi connectivity index (χ0) is 12.4. The van der Waals surface area contributed by atoms with Crippen LogP contribution in [0.25, 0.3) is 0 Å². The average Bonchev–Trinajstić information content (AvgIpc) is 2.70. The van der Waals surface area contributed by atoms with Gasteiger partial charge in [-0.1, -0.05) is 0 Å². The van der Waals surface area contributed by atoms with Crippen molar-refractivity contribution in [2.75, 3.05) is 13.6 Å². The fraction of sp³-hybridized carbons (Fsp3) is 0.583. The molecule has 1 aromatic heterocycles. The van der Waals surface area contributed by atoms with Crippen LogP contribution >= 0.6 is 27.3 Å². The third-order valence-electron chi connectivity index (χ3n) is 3.13. The molecule has 1 amide bonds. The Kier molecular flexibility index (Phi) is 4.22. The molecule has 0 aromatic carbocycles. The van der Waals surface area contributed by atoms with E-state index in [2.05, 4.69) is 40.3 Å². The van der Waals surface area contributed by atoms with Gasteiger partial charge < -0.3 is 10.2 Å². The summed E-state index contributed by atoms with van der Waals surface area (Å²) in [6.07, 6.45) is 1.61. The Hall–Kier alpha value is -0.390. The predicted octanol–water partition coefficient (Wildman–Crippen LogP) is 2.78. The number of amides is 1. The smallest absolute Gasteiger partial charge is 0.222 e. The average molecular weight is 317 g/mol. The number of likely N-dealkylation sites (N-methyl/N-ethyl adjacent to an activating group) is 1. The lowest BCUT2D eigenvalue weighted by Gasteiger charge is -2.32. The van der Waals surface area contributed by atoms with Crippen molar-refractivity contribution >= 4 is 33.2 Å². The first-order valence-corrected chi connectivity index (χ1v) is 7.42. The summed E-state index contributed by atoms with van der Waals surface area (Å²) in [4.78, 5) is 14.5. The Morgan fingerprint density at radius 1 is 1.59 bits per heavy atom. The molecule has 0 spiro atoms. The zero-order valence-electron chi connectivity index (χ0n) is 10.1. The van der Waals surface area contributed by atoms with Crippen LogP contribution in [0, 0.1) is 0 Å². The van der Waals surface area contributed by atoms with Gasteiger partial charge in [-0.25, -0.2) is 0 Å². The van der Waals surface area contributed by atoms with Crippen LogP contribution in [0.1, 0.15) is 30.7 Å². The Morgan fingerprint density at radius 2 is 2.35 bits per heavy atom. The van der Waals surface area contributed by atoms with Crippen molar-refractivity contribution in [1.29, 1.82) is 0 Å². The number of thiophene rings is 1. The van der Waals surface area contributed by atoms with Gasteiger partial charge in [0.05, 0.1) is 3.79 Å². The van der Waals surface area contributed by atoms with E-state index in [1.807, 2.05) is 11.9 Å². The number of halogens is 1. The summed E-state index contributed by atoms with van der Waals surface area (Å²) in [5, 5.41) is 3.60. The third kappa shape index (κ3) is 3.30. The highest BCUT2D eigenvalue weighted by Gasteiger charge is 2.24. The van der Waals surface area contributed by atoms with Crippen molar-refractivity contribution < 1.29 is 4.79 Å². The van der Waals surface area contributed by atoms with Gasteiger partial charge in [0.25, 0.3) is 0 Å². The Balaban J connectivity index is 1.91. The lowest BCUT2D eigenvalue weighted by Crippen LogP contribution is -2.47. The molecule has 0 saturated carbocycles. The van der Waals surface area contributed by atoms with Gasteiger partial charge in [-0.05, 0) is 41.4 Å². The van der Waals surface area contributed by atoms with Gasteiger partial charge in [0, 0.05) is 37.0 Å². The summed E-state index contributed by atoms with van der Waals surface area (Å²) in [5.41, 5.74) is 0. The molecule has 94 valence electrons. The van der Waals surface area contributed by atoms with Crippen molar-refractivity contribution in [3.63, 3.8) is 0 Å². The van der Waals surface area contributed by atoms with E-state index >= 15 is 0 Å². The van der Waals surface area contributed by atoms with Gasteiger partial charge in [0.2, 0.25) is 5.91 Å². The maximum absolute atomic E-state index is 11.4. The van der Waals surface area contributed by atoms with Gasteiger partial charge in [-0.3, -0.25) is 4.79 Å². The van der Waals surface area contributed by atoms with Crippen LogP contribution in [-0.2, 0) is 4.79 Å². The van der Waals surface area contributed by atoms with Crippen LogP contribution in [0.2, 0.25) is 0 Å². The molecule has 1 aliphatic rings. The van der Waals surface area contributed by atoms with E-state index in [0.29, 0.717) is 18.5 Å². The van der Waals surface area contributed by atoms with E-state index in [4.69, 9.17) is 0 Å². The summed E-state index contributed by atoms with van der Waals surface area (Å²) in [5.74, 6) is 0.259. The second-order valence-electron chi connectivity index (χ2n) is 4.54. The Labute approximate surface area is 114 Å². The molecule has 0 aliphatic carbocycles. The van der Waals surface area contributed by atoms with Crippen molar-refractivity contribution in [1.82, 2.24) is 10.2 Å². The highest BCUT2D eigenvalue weighted by Crippen LogP contribution is 2.27. The van der Waals surface area contributed by atoms with E-state index in [1.165, 1.54) is 4.88 Å². The standard InChI is InChI=1S/C12H17BrN2OS/c1-8(10-4-5-11(13)17-10)14-9-3-6-12(16)15(2)7-9/h4-5,8-9,14H,3,6-7H2,1-2H3. The molecule has 17 heavy (non-hydrogen) atoms. The third-order valence-corrected chi connectivity index (χ3v) is 4.94. The maximum atomic E-state index is 11.4. The lowest BCUT2D eigenvalue weighted by molar-refractivity contribution is -0.132. The number of rotatable bonds is 3. The number of carbonyl (C=O) groups is 1. The zero-order valence-corrected chi connectivity index (χ0v) is 12.5. The van der Waals surface area contributed by atoms with Crippen LogP contribution in [0.5, 0.6) is 0 Å². The first-order chi connectivity index (χ1) is 8.06.